The molecule has 0 saturated heterocycles. The number of carboxylic acids is 1. The van der Waals surface area contributed by atoms with Gasteiger partial charge in [0.1, 0.15) is 24.2 Å². The maximum Gasteiger partial charge on any atom is 0.326 e. The average molecular weight is 436 g/mol. The summed E-state index contributed by atoms with van der Waals surface area (Å²) in [6, 6.07) is -4.64. The van der Waals surface area contributed by atoms with E-state index in [1.54, 1.807) is 6.26 Å². The molecule has 9 N–H and O–H groups in total. The fraction of sp³-hybridized carbons (Fsp3) is 0.688. The van der Waals surface area contributed by atoms with Crippen LogP contribution in [-0.4, -0.2) is 82.6 Å². The first-order valence-corrected chi connectivity index (χ1v) is 10.2. The molecule has 0 heterocycles. The molecule has 0 fully saturated rings. The number of aliphatic hydroxyl groups excluding tert-OH is 1. The summed E-state index contributed by atoms with van der Waals surface area (Å²) in [4.78, 5) is 58.6. The number of thioether (sulfide) groups is 1. The highest BCUT2D eigenvalue weighted by Crippen LogP contribution is 2.04. The second-order valence-corrected chi connectivity index (χ2v) is 7.25. The Balaban J connectivity index is 5.05. The van der Waals surface area contributed by atoms with Gasteiger partial charge in [0.05, 0.1) is 6.61 Å². The molecule has 0 aromatic rings. The third kappa shape index (κ3) is 10.7. The lowest BCUT2D eigenvalue weighted by Crippen LogP contribution is -2.56. The zero-order chi connectivity index (χ0) is 22.6. The van der Waals surface area contributed by atoms with E-state index in [1.165, 1.54) is 18.7 Å². The van der Waals surface area contributed by atoms with Gasteiger partial charge < -0.3 is 37.6 Å². The molecule has 13 heteroatoms. The largest absolute Gasteiger partial charge is 0.480 e. The number of carbonyl (C=O) groups excluding carboxylic acids is 4. The Kier molecular flexibility index (Phi) is 12.6. The van der Waals surface area contributed by atoms with E-state index in [0.29, 0.717) is 5.75 Å². The first-order chi connectivity index (χ1) is 13.5. The van der Waals surface area contributed by atoms with E-state index < -0.39 is 60.4 Å². The molecule has 0 aliphatic carbocycles. The van der Waals surface area contributed by atoms with Crippen LogP contribution in [0.15, 0.2) is 0 Å². The quantitative estimate of drug-likeness (QED) is 0.147. The SMILES string of the molecule is CSCCC(NC(=O)C(C)NC(=O)C(N)CO)C(=O)NC(CCC(N)=O)C(=O)O. The number of nitrogens with one attached hydrogen (secondary N) is 3. The van der Waals surface area contributed by atoms with Crippen LogP contribution in [0, 0.1) is 0 Å². The fourth-order valence-electron chi connectivity index (χ4n) is 2.09. The van der Waals surface area contributed by atoms with Gasteiger partial charge in [0.15, 0.2) is 0 Å². The maximum absolute atomic E-state index is 12.5. The van der Waals surface area contributed by atoms with Crippen LogP contribution in [0.5, 0.6) is 0 Å². The summed E-state index contributed by atoms with van der Waals surface area (Å²) in [5.41, 5.74) is 10.4. The summed E-state index contributed by atoms with van der Waals surface area (Å²) in [5, 5.41) is 25.1. The first kappa shape index (κ1) is 26.6. The maximum atomic E-state index is 12.5. The van der Waals surface area contributed by atoms with E-state index in [9.17, 15) is 29.1 Å². The van der Waals surface area contributed by atoms with Crippen molar-refractivity contribution in [3.63, 3.8) is 0 Å². The number of aliphatic hydroxyl groups is 1. The summed E-state index contributed by atoms with van der Waals surface area (Å²) in [6.45, 7) is 0.772. The van der Waals surface area contributed by atoms with Gasteiger partial charge in [-0.1, -0.05) is 0 Å². The summed E-state index contributed by atoms with van der Waals surface area (Å²) in [6.07, 6.45) is 1.58. The van der Waals surface area contributed by atoms with Crippen molar-refractivity contribution >= 4 is 41.4 Å². The second kappa shape index (κ2) is 13.7. The summed E-state index contributed by atoms with van der Waals surface area (Å²) < 4.78 is 0. The summed E-state index contributed by atoms with van der Waals surface area (Å²) in [5.74, 6) is -3.72. The monoisotopic (exact) mass is 435 g/mol. The van der Waals surface area contributed by atoms with Crippen LogP contribution in [-0.2, 0) is 24.0 Å². The standard InChI is InChI=1S/C16H29N5O7S/c1-8(19-14(25)9(17)7-22)13(24)20-10(5-6-29-2)15(26)21-11(16(27)28)3-4-12(18)23/h8-11,22H,3-7,17H2,1-2H3,(H2,18,23)(H,19,25)(H,20,24)(H,21,26)(H,27,28). The van der Waals surface area contributed by atoms with E-state index in [2.05, 4.69) is 16.0 Å². The molecule has 166 valence electrons. The highest BCUT2D eigenvalue weighted by molar-refractivity contribution is 7.98. The number of primary amides is 1. The molecular formula is C16H29N5O7S. The Hall–Kier alpha value is -2.38. The molecule has 4 amide bonds. The minimum Gasteiger partial charge on any atom is -0.480 e. The molecule has 0 rings (SSSR count). The van der Waals surface area contributed by atoms with Crippen LogP contribution < -0.4 is 27.4 Å². The van der Waals surface area contributed by atoms with E-state index >= 15 is 0 Å². The average Bonchev–Trinajstić information content (AvgIpc) is 2.66. The van der Waals surface area contributed by atoms with Crippen molar-refractivity contribution in [1.29, 1.82) is 0 Å². The summed E-state index contributed by atoms with van der Waals surface area (Å²) in [7, 11) is 0. The molecule has 0 spiro atoms. The van der Waals surface area contributed by atoms with E-state index in [1.807, 2.05) is 0 Å². The number of hydrogen-bond acceptors (Lipinski definition) is 8. The van der Waals surface area contributed by atoms with Gasteiger partial charge in [0.25, 0.3) is 0 Å². The van der Waals surface area contributed by atoms with Crippen LogP contribution in [0.3, 0.4) is 0 Å². The van der Waals surface area contributed by atoms with Crippen molar-refractivity contribution in [1.82, 2.24) is 16.0 Å². The lowest BCUT2D eigenvalue weighted by molar-refractivity contribution is -0.142. The van der Waals surface area contributed by atoms with Crippen LogP contribution in [0.2, 0.25) is 0 Å². The van der Waals surface area contributed by atoms with Gasteiger partial charge in [0, 0.05) is 6.42 Å². The molecule has 4 atom stereocenters. The molecule has 0 aliphatic rings. The third-order valence-electron chi connectivity index (χ3n) is 3.82. The van der Waals surface area contributed by atoms with E-state index in [4.69, 9.17) is 16.6 Å². The Labute approximate surface area is 172 Å². The first-order valence-electron chi connectivity index (χ1n) is 8.81. The van der Waals surface area contributed by atoms with Gasteiger partial charge >= 0.3 is 5.97 Å². The highest BCUT2D eigenvalue weighted by Gasteiger charge is 2.28. The lowest BCUT2D eigenvalue weighted by Gasteiger charge is -2.23. The predicted octanol–water partition coefficient (Wildman–Crippen LogP) is -3.12. The van der Waals surface area contributed by atoms with Crippen LogP contribution in [0.25, 0.3) is 0 Å². The van der Waals surface area contributed by atoms with Gasteiger partial charge in [-0.15, -0.1) is 0 Å². The van der Waals surface area contributed by atoms with Gasteiger partial charge in [0.2, 0.25) is 23.6 Å². The zero-order valence-electron chi connectivity index (χ0n) is 16.3. The van der Waals surface area contributed by atoms with Gasteiger partial charge in [-0.2, -0.15) is 11.8 Å². The van der Waals surface area contributed by atoms with E-state index in [-0.39, 0.29) is 19.3 Å². The van der Waals surface area contributed by atoms with Gasteiger partial charge in [-0.3, -0.25) is 19.2 Å². The van der Waals surface area contributed by atoms with Crippen molar-refractivity contribution in [2.45, 2.75) is 50.4 Å². The molecule has 0 aromatic carbocycles. The molecule has 0 bridgehead atoms. The molecule has 0 radical (unpaired) electrons. The molecule has 12 nitrogen and oxygen atoms in total. The van der Waals surface area contributed by atoms with Crippen LogP contribution in [0.1, 0.15) is 26.2 Å². The Morgan fingerprint density at radius 1 is 0.966 bits per heavy atom. The van der Waals surface area contributed by atoms with Gasteiger partial charge in [-0.25, -0.2) is 4.79 Å². The van der Waals surface area contributed by atoms with Crippen molar-refractivity contribution in [3.05, 3.63) is 0 Å². The van der Waals surface area contributed by atoms with Crippen molar-refractivity contribution in [2.24, 2.45) is 11.5 Å². The normalized spacial score (nSPS) is 14.8. The molecule has 0 saturated carbocycles. The Morgan fingerprint density at radius 2 is 1.55 bits per heavy atom. The third-order valence-corrected chi connectivity index (χ3v) is 4.47. The zero-order valence-corrected chi connectivity index (χ0v) is 17.2. The predicted molar refractivity (Wildman–Crippen MR) is 106 cm³/mol. The lowest BCUT2D eigenvalue weighted by atomic mass is 10.1. The smallest absolute Gasteiger partial charge is 0.326 e. The minimum absolute atomic E-state index is 0.189. The molecule has 0 aliphatic heterocycles. The number of rotatable bonds is 14. The number of hydrogen-bond donors (Lipinski definition) is 7. The number of nitrogens with two attached hydrogens (primary N) is 2. The van der Waals surface area contributed by atoms with Crippen LogP contribution in [0.4, 0.5) is 0 Å². The minimum atomic E-state index is -1.34. The van der Waals surface area contributed by atoms with Gasteiger partial charge in [-0.05, 0) is 31.8 Å². The Morgan fingerprint density at radius 3 is 2.03 bits per heavy atom. The fourth-order valence-corrected chi connectivity index (χ4v) is 2.56. The molecule has 0 aromatic heterocycles. The van der Waals surface area contributed by atoms with Crippen LogP contribution >= 0.6 is 11.8 Å². The Bertz CT molecular complexity index is 604. The van der Waals surface area contributed by atoms with Crippen molar-refractivity contribution in [3.8, 4) is 0 Å². The summed E-state index contributed by atoms with van der Waals surface area (Å²) >= 11 is 1.42. The van der Waals surface area contributed by atoms with Crippen molar-refractivity contribution < 1.29 is 34.2 Å². The number of aliphatic carboxylic acids is 1. The van der Waals surface area contributed by atoms with Crippen molar-refractivity contribution in [2.75, 3.05) is 18.6 Å². The highest BCUT2D eigenvalue weighted by atomic mass is 32.2. The molecule has 4 unspecified atom stereocenters. The second-order valence-electron chi connectivity index (χ2n) is 6.27. The number of carboxylic acid groups (broad SMARTS) is 1. The van der Waals surface area contributed by atoms with E-state index in [0.717, 1.165) is 0 Å². The molecular weight excluding hydrogens is 406 g/mol. The number of amides is 4. The molecule has 29 heavy (non-hydrogen) atoms. The number of carbonyl (C=O) groups is 5. The topological polar surface area (TPSA) is 214 Å².